The Kier molecular flexibility index (Phi) is 3.49. The molecule has 0 radical (unpaired) electrons. The molecule has 2 aliphatic heterocycles. The Bertz CT molecular complexity index is 160. The molecule has 1 N–H and O–H groups in total. The second-order valence-electron chi connectivity index (χ2n) is 3.67. The molecule has 76 valence electrons. The fraction of sp³-hybridized carbons (Fsp3) is 1.00. The lowest BCUT2D eigenvalue weighted by Crippen LogP contribution is -2.52. The van der Waals surface area contributed by atoms with E-state index in [0.717, 1.165) is 13.2 Å². The number of nitrogens with zero attached hydrogens (tertiary/aromatic N) is 1. The first-order chi connectivity index (χ1) is 6.42. The van der Waals surface area contributed by atoms with Gasteiger partial charge in [-0.05, 0) is 12.2 Å². The Hall–Kier alpha value is 0.230. The first-order valence-electron chi connectivity index (χ1n) is 4.94. The third-order valence-electron chi connectivity index (χ3n) is 2.86. The normalized spacial score (nSPS) is 36.7. The number of hydrogen-bond donors (Lipinski definition) is 1. The van der Waals surface area contributed by atoms with Gasteiger partial charge in [-0.25, -0.2) is 0 Å². The summed E-state index contributed by atoms with van der Waals surface area (Å²) in [6.45, 7) is 2.77. The van der Waals surface area contributed by atoms with E-state index >= 15 is 0 Å². The average Bonchev–Trinajstić information content (AvgIpc) is 2.70. The summed E-state index contributed by atoms with van der Waals surface area (Å²) in [4.78, 5) is 2.43. The van der Waals surface area contributed by atoms with Gasteiger partial charge in [0.25, 0.3) is 0 Å². The summed E-state index contributed by atoms with van der Waals surface area (Å²) in [6, 6.07) is 0.934. The lowest BCUT2D eigenvalue weighted by Gasteiger charge is -2.38. The lowest BCUT2D eigenvalue weighted by molar-refractivity contribution is -0.0426. The maximum absolute atomic E-state index is 9.19. The van der Waals surface area contributed by atoms with Gasteiger partial charge in [-0.3, -0.25) is 4.90 Å². The summed E-state index contributed by atoms with van der Waals surface area (Å²) < 4.78 is 5.35. The highest BCUT2D eigenvalue weighted by molar-refractivity contribution is 7.99. The molecule has 2 saturated heterocycles. The molecule has 2 rings (SSSR count). The van der Waals surface area contributed by atoms with Crippen molar-refractivity contribution in [2.24, 2.45) is 0 Å². The standard InChI is InChI=1S/C9H17NO2S/c11-5-9-6-12-3-2-10(9)8-1-4-13-7-8/h8-9,11H,1-7H2. The molecule has 0 aromatic rings. The molecule has 0 aromatic heterocycles. The summed E-state index contributed by atoms with van der Waals surface area (Å²) in [5, 5.41) is 9.19. The number of thioether (sulfide) groups is 1. The summed E-state index contributed by atoms with van der Waals surface area (Å²) >= 11 is 2.02. The minimum Gasteiger partial charge on any atom is -0.395 e. The molecule has 2 atom stereocenters. The Morgan fingerprint density at radius 3 is 3.15 bits per heavy atom. The van der Waals surface area contributed by atoms with Gasteiger partial charge in [0.15, 0.2) is 0 Å². The van der Waals surface area contributed by atoms with Crippen LogP contribution in [-0.2, 0) is 4.74 Å². The smallest absolute Gasteiger partial charge is 0.0644 e. The highest BCUT2D eigenvalue weighted by Gasteiger charge is 2.30. The number of morpholine rings is 1. The SMILES string of the molecule is OCC1COCCN1C1CCSC1. The number of aliphatic hydroxyl groups excluding tert-OH is 1. The predicted octanol–water partition coefficient (Wildman–Crippen LogP) is 0.185. The van der Waals surface area contributed by atoms with Crippen molar-refractivity contribution in [2.75, 3.05) is 37.9 Å². The van der Waals surface area contributed by atoms with Gasteiger partial charge in [-0.15, -0.1) is 0 Å². The molecule has 2 fully saturated rings. The molecule has 2 unspecified atom stereocenters. The third-order valence-corrected chi connectivity index (χ3v) is 4.00. The van der Waals surface area contributed by atoms with Gasteiger partial charge in [0.2, 0.25) is 0 Å². The van der Waals surface area contributed by atoms with Crippen LogP contribution in [0.5, 0.6) is 0 Å². The van der Waals surface area contributed by atoms with Crippen LogP contribution in [-0.4, -0.2) is 60.0 Å². The molecule has 3 nitrogen and oxygen atoms in total. The summed E-state index contributed by atoms with van der Waals surface area (Å²) in [7, 11) is 0. The maximum Gasteiger partial charge on any atom is 0.0644 e. The molecule has 2 heterocycles. The van der Waals surface area contributed by atoms with Gasteiger partial charge in [0.05, 0.1) is 25.9 Å². The van der Waals surface area contributed by atoms with Crippen molar-refractivity contribution >= 4 is 11.8 Å². The minimum absolute atomic E-state index is 0.237. The van der Waals surface area contributed by atoms with E-state index in [-0.39, 0.29) is 12.6 Å². The van der Waals surface area contributed by atoms with E-state index in [1.54, 1.807) is 0 Å². The molecular formula is C9H17NO2S. The number of rotatable bonds is 2. The highest BCUT2D eigenvalue weighted by Crippen LogP contribution is 2.24. The molecular weight excluding hydrogens is 186 g/mol. The van der Waals surface area contributed by atoms with E-state index in [1.807, 2.05) is 11.8 Å². The Labute approximate surface area is 83.4 Å². The van der Waals surface area contributed by atoms with Gasteiger partial charge in [-0.2, -0.15) is 11.8 Å². The van der Waals surface area contributed by atoms with Gasteiger partial charge in [-0.1, -0.05) is 0 Å². The van der Waals surface area contributed by atoms with Crippen LogP contribution in [0.25, 0.3) is 0 Å². The summed E-state index contributed by atoms with van der Waals surface area (Å²) in [6.07, 6.45) is 1.28. The molecule has 0 saturated carbocycles. The predicted molar refractivity (Wildman–Crippen MR) is 54.1 cm³/mol. The van der Waals surface area contributed by atoms with E-state index < -0.39 is 0 Å². The zero-order chi connectivity index (χ0) is 9.10. The van der Waals surface area contributed by atoms with Crippen LogP contribution in [0, 0.1) is 0 Å². The van der Waals surface area contributed by atoms with Crippen molar-refractivity contribution in [1.29, 1.82) is 0 Å². The zero-order valence-electron chi connectivity index (χ0n) is 7.82. The highest BCUT2D eigenvalue weighted by atomic mass is 32.2. The van der Waals surface area contributed by atoms with Gasteiger partial charge in [0.1, 0.15) is 0 Å². The van der Waals surface area contributed by atoms with Gasteiger partial charge in [0, 0.05) is 18.3 Å². The van der Waals surface area contributed by atoms with Crippen LogP contribution in [0.1, 0.15) is 6.42 Å². The molecule has 0 aliphatic carbocycles. The van der Waals surface area contributed by atoms with Gasteiger partial charge >= 0.3 is 0 Å². The minimum atomic E-state index is 0.237. The first kappa shape index (κ1) is 9.77. The summed E-state index contributed by atoms with van der Waals surface area (Å²) in [5.74, 6) is 2.51. The molecule has 4 heteroatoms. The van der Waals surface area contributed by atoms with E-state index in [4.69, 9.17) is 4.74 Å². The van der Waals surface area contributed by atoms with E-state index in [9.17, 15) is 5.11 Å². The topological polar surface area (TPSA) is 32.7 Å². The fourth-order valence-electron chi connectivity index (χ4n) is 2.09. The molecule has 13 heavy (non-hydrogen) atoms. The van der Waals surface area contributed by atoms with Crippen molar-refractivity contribution in [3.63, 3.8) is 0 Å². The summed E-state index contributed by atoms with van der Waals surface area (Å²) in [5.41, 5.74) is 0. The third kappa shape index (κ3) is 2.18. The molecule has 0 bridgehead atoms. The van der Waals surface area contributed by atoms with Crippen molar-refractivity contribution in [1.82, 2.24) is 4.90 Å². The second kappa shape index (κ2) is 4.64. The molecule has 0 aromatic carbocycles. The van der Waals surface area contributed by atoms with E-state index in [1.165, 1.54) is 17.9 Å². The zero-order valence-corrected chi connectivity index (χ0v) is 8.63. The lowest BCUT2D eigenvalue weighted by atomic mass is 10.1. The average molecular weight is 203 g/mol. The molecule has 0 amide bonds. The van der Waals surface area contributed by atoms with Crippen molar-refractivity contribution in [3.8, 4) is 0 Å². The van der Waals surface area contributed by atoms with Crippen molar-refractivity contribution in [3.05, 3.63) is 0 Å². The molecule has 2 aliphatic rings. The van der Waals surface area contributed by atoms with Crippen molar-refractivity contribution in [2.45, 2.75) is 18.5 Å². The largest absolute Gasteiger partial charge is 0.395 e. The first-order valence-corrected chi connectivity index (χ1v) is 6.09. The number of aliphatic hydroxyl groups is 1. The van der Waals surface area contributed by atoms with Crippen LogP contribution >= 0.6 is 11.8 Å². The van der Waals surface area contributed by atoms with Crippen LogP contribution in [0.15, 0.2) is 0 Å². The number of ether oxygens (including phenoxy) is 1. The second-order valence-corrected chi connectivity index (χ2v) is 4.82. The van der Waals surface area contributed by atoms with Crippen LogP contribution in [0.2, 0.25) is 0 Å². The quantitative estimate of drug-likeness (QED) is 0.694. The Morgan fingerprint density at radius 1 is 1.54 bits per heavy atom. The van der Waals surface area contributed by atoms with Crippen molar-refractivity contribution < 1.29 is 9.84 Å². The van der Waals surface area contributed by atoms with Crippen LogP contribution in [0.3, 0.4) is 0 Å². The monoisotopic (exact) mass is 203 g/mol. The van der Waals surface area contributed by atoms with Crippen LogP contribution < -0.4 is 0 Å². The Morgan fingerprint density at radius 2 is 2.46 bits per heavy atom. The number of hydrogen-bond acceptors (Lipinski definition) is 4. The molecule has 0 spiro atoms. The Balaban J connectivity index is 1.93. The van der Waals surface area contributed by atoms with E-state index in [2.05, 4.69) is 4.90 Å². The van der Waals surface area contributed by atoms with Gasteiger partial charge < -0.3 is 9.84 Å². The van der Waals surface area contributed by atoms with Crippen LogP contribution in [0.4, 0.5) is 0 Å². The fourth-order valence-corrected chi connectivity index (χ4v) is 3.33. The van der Waals surface area contributed by atoms with E-state index in [0.29, 0.717) is 12.6 Å². The maximum atomic E-state index is 9.19.